The van der Waals surface area contributed by atoms with Gasteiger partial charge in [0.25, 0.3) is 0 Å². The third-order valence-corrected chi connectivity index (χ3v) is 6.08. The quantitative estimate of drug-likeness (QED) is 0.393. The van der Waals surface area contributed by atoms with E-state index >= 15 is 0 Å². The summed E-state index contributed by atoms with van der Waals surface area (Å²) in [5.41, 5.74) is 5.07. The van der Waals surface area contributed by atoms with Crippen LogP contribution in [0.4, 0.5) is 11.5 Å². The molecule has 9 nitrogen and oxygen atoms in total. The second kappa shape index (κ2) is 9.26. The van der Waals surface area contributed by atoms with Gasteiger partial charge in [0.2, 0.25) is 0 Å². The molecule has 0 saturated carbocycles. The SMILES string of the molecule is CCc1c(OC)cc(OC)cc1N(CC1COC1)c1ccc2ncc(-c3cnn(C)c3)nc2n1. The molecule has 9 heteroatoms. The molecule has 0 atom stereocenters. The Morgan fingerprint density at radius 1 is 1.12 bits per heavy atom. The maximum atomic E-state index is 5.71. The van der Waals surface area contributed by atoms with Gasteiger partial charge in [0.05, 0.1) is 51.2 Å². The summed E-state index contributed by atoms with van der Waals surface area (Å²) < 4.78 is 18.5. The zero-order valence-corrected chi connectivity index (χ0v) is 19.9. The molecule has 1 aromatic carbocycles. The third-order valence-electron chi connectivity index (χ3n) is 6.08. The van der Waals surface area contributed by atoms with Crippen molar-refractivity contribution < 1.29 is 14.2 Å². The van der Waals surface area contributed by atoms with Gasteiger partial charge in [-0.25, -0.2) is 9.97 Å². The smallest absolute Gasteiger partial charge is 0.180 e. The fourth-order valence-electron chi connectivity index (χ4n) is 4.20. The number of hydrogen-bond acceptors (Lipinski definition) is 8. The summed E-state index contributed by atoms with van der Waals surface area (Å²) in [7, 11) is 5.23. The lowest BCUT2D eigenvalue weighted by molar-refractivity contribution is -0.0268. The molecule has 176 valence electrons. The van der Waals surface area contributed by atoms with Crippen LogP contribution < -0.4 is 14.4 Å². The number of fused-ring (bicyclic) bond motifs is 1. The van der Waals surface area contributed by atoms with Crippen molar-refractivity contribution in [1.29, 1.82) is 0 Å². The van der Waals surface area contributed by atoms with E-state index in [0.717, 1.165) is 71.5 Å². The van der Waals surface area contributed by atoms with E-state index in [1.54, 1.807) is 31.3 Å². The van der Waals surface area contributed by atoms with Crippen LogP contribution in [-0.4, -0.2) is 58.7 Å². The van der Waals surface area contributed by atoms with Crippen molar-refractivity contribution in [2.24, 2.45) is 13.0 Å². The minimum Gasteiger partial charge on any atom is -0.497 e. The molecule has 1 aliphatic heterocycles. The van der Waals surface area contributed by atoms with Gasteiger partial charge in [-0.2, -0.15) is 5.10 Å². The largest absolute Gasteiger partial charge is 0.497 e. The van der Waals surface area contributed by atoms with Gasteiger partial charge in [0.1, 0.15) is 22.8 Å². The van der Waals surface area contributed by atoms with E-state index in [9.17, 15) is 0 Å². The molecule has 4 heterocycles. The topological polar surface area (TPSA) is 87.4 Å². The molecule has 4 aromatic rings. The van der Waals surface area contributed by atoms with Gasteiger partial charge in [-0.15, -0.1) is 0 Å². The fraction of sp³-hybridized carbons (Fsp3) is 0.360. The second-order valence-electron chi connectivity index (χ2n) is 8.37. The van der Waals surface area contributed by atoms with Crippen molar-refractivity contribution in [3.63, 3.8) is 0 Å². The zero-order valence-electron chi connectivity index (χ0n) is 19.9. The Hall–Kier alpha value is -3.72. The Balaban J connectivity index is 1.63. The third kappa shape index (κ3) is 4.14. The minimum absolute atomic E-state index is 0.409. The van der Waals surface area contributed by atoms with Crippen LogP contribution in [0.25, 0.3) is 22.4 Å². The van der Waals surface area contributed by atoms with Crippen molar-refractivity contribution in [3.8, 4) is 22.8 Å². The molecule has 5 rings (SSSR count). The molecule has 3 aromatic heterocycles. The summed E-state index contributed by atoms with van der Waals surface area (Å²) in [6.45, 7) is 4.35. The number of ether oxygens (including phenoxy) is 3. The maximum Gasteiger partial charge on any atom is 0.180 e. The van der Waals surface area contributed by atoms with E-state index in [4.69, 9.17) is 24.2 Å². The first-order chi connectivity index (χ1) is 16.6. The molecular weight excluding hydrogens is 432 g/mol. The monoisotopic (exact) mass is 460 g/mol. The molecule has 0 unspecified atom stereocenters. The van der Waals surface area contributed by atoms with Crippen LogP contribution in [0.3, 0.4) is 0 Å². The van der Waals surface area contributed by atoms with Crippen molar-refractivity contribution in [3.05, 3.63) is 48.4 Å². The Kier molecular flexibility index (Phi) is 6.02. The standard InChI is InChI=1S/C25H28N6O3/c1-5-19-22(8-18(32-3)9-23(19)33-4)31(12-16-14-34-15-16)24-7-6-20-25(29-24)28-21(11-26-20)17-10-27-30(2)13-17/h6-11,13,16H,5,12,14-15H2,1-4H3. The first-order valence-electron chi connectivity index (χ1n) is 11.3. The highest BCUT2D eigenvalue weighted by molar-refractivity contribution is 5.78. The Labute approximate surface area is 198 Å². The number of aryl methyl sites for hydroxylation is 1. The molecule has 0 bridgehead atoms. The van der Waals surface area contributed by atoms with Crippen molar-refractivity contribution in [2.75, 3.05) is 38.9 Å². The molecule has 0 amide bonds. The number of rotatable bonds is 8. The molecule has 1 saturated heterocycles. The van der Waals surface area contributed by atoms with E-state index in [0.29, 0.717) is 11.6 Å². The molecule has 0 radical (unpaired) electrons. The number of methoxy groups -OCH3 is 2. The normalized spacial score (nSPS) is 13.6. The van der Waals surface area contributed by atoms with Crippen molar-refractivity contribution >= 4 is 22.7 Å². The summed E-state index contributed by atoms with van der Waals surface area (Å²) in [5, 5.41) is 4.24. The lowest BCUT2D eigenvalue weighted by Gasteiger charge is -2.34. The first-order valence-corrected chi connectivity index (χ1v) is 11.3. The van der Waals surface area contributed by atoms with Crippen LogP contribution in [0.15, 0.2) is 42.9 Å². The van der Waals surface area contributed by atoms with Gasteiger partial charge in [-0.05, 0) is 18.6 Å². The highest BCUT2D eigenvalue weighted by atomic mass is 16.5. The van der Waals surface area contributed by atoms with E-state index in [-0.39, 0.29) is 0 Å². The number of hydrogen-bond donors (Lipinski definition) is 0. The molecule has 0 aliphatic carbocycles. The Morgan fingerprint density at radius 3 is 2.62 bits per heavy atom. The maximum absolute atomic E-state index is 5.71. The molecular formula is C25H28N6O3. The predicted molar refractivity (Wildman–Crippen MR) is 130 cm³/mol. The summed E-state index contributed by atoms with van der Waals surface area (Å²) in [6, 6.07) is 7.92. The average Bonchev–Trinajstić information content (AvgIpc) is 3.28. The summed E-state index contributed by atoms with van der Waals surface area (Å²) in [6.07, 6.45) is 6.25. The van der Waals surface area contributed by atoms with E-state index in [1.165, 1.54) is 0 Å². The van der Waals surface area contributed by atoms with Crippen LogP contribution in [0.5, 0.6) is 11.5 Å². The van der Waals surface area contributed by atoms with Crippen LogP contribution in [-0.2, 0) is 18.2 Å². The zero-order chi connectivity index (χ0) is 23.7. The fourth-order valence-corrected chi connectivity index (χ4v) is 4.20. The van der Waals surface area contributed by atoms with Gasteiger partial charge in [-0.1, -0.05) is 6.92 Å². The lowest BCUT2D eigenvalue weighted by Crippen LogP contribution is -2.38. The molecule has 1 fully saturated rings. The summed E-state index contributed by atoms with van der Waals surface area (Å²) in [5.74, 6) is 2.73. The van der Waals surface area contributed by atoms with Gasteiger partial charge in [0.15, 0.2) is 5.65 Å². The van der Waals surface area contributed by atoms with E-state index in [2.05, 4.69) is 21.9 Å². The van der Waals surface area contributed by atoms with Crippen LogP contribution in [0, 0.1) is 5.92 Å². The number of aromatic nitrogens is 5. The summed E-state index contributed by atoms with van der Waals surface area (Å²) in [4.78, 5) is 16.5. The average molecular weight is 461 g/mol. The van der Waals surface area contributed by atoms with Gasteiger partial charge < -0.3 is 19.1 Å². The number of pyridine rings is 1. The molecule has 0 N–H and O–H groups in total. The van der Waals surface area contributed by atoms with Crippen LogP contribution in [0.2, 0.25) is 0 Å². The van der Waals surface area contributed by atoms with Gasteiger partial charge >= 0.3 is 0 Å². The molecule has 34 heavy (non-hydrogen) atoms. The van der Waals surface area contributed by atoms with Crippen LogP contribution in [0.1, 0.15) is 12.5 Å². The summed E-state index contributed by atoms with van der Waals surface area (Å²) >= 11 is 0. The second-order valence-corrected chi connectivity index (χ2v) is 8.37. The van der Waals surface area contributed by atoms with Gasteiger partial charge in [0, 0.05) is 49.0 Å². The van der Waals surface area contributed by atoms with Crippen molar-refractivity contribution in [1.82, 2.24) is 24.7 Å². The highest BCUT2D eigenvalue weighted by Crippen LogP contribution is 2.39. The lowest BCUT2D eigenvalue weighted by atomic mass is 10.0. The van der Waals surface area contributed by atoms with Crippen LogP contribution >= 0.6 is 0 Å². The Morgan fingerprint density at radius 2 is 1.97 bits per heavy atom. The minimum atomic E-state index is 0.409. The van der Waals surface area contributed by atoms with Crippen molar-refractivity contribution in [2.45, 2.75) is 13.3 Å². The number of benzene rings is 1. The molecule has 1 aliphatic rings. The van der Waals surface area contributed by atoms with E-state index < -0.39 is 0 Å². The molecule has 0 spiro atoms. The Bertz CT molecular complexity index is 1320. The van der Waals surface area contributed by atoms with Gasteiger partial charge in [-0.3, -0.25) is 9.67 Å². The number of anilines is 2. The first kappa shape index (κ1) is 22.1. The predicted octanol–water partition coefficient (Wildman–Crippen LogP) is 3.79. The highest BCUT2D eigenvalue weighted by Gasteiger charge is 2.26. The number of nitrogens with zero attached hydrogens (tertiary/aromatic N) is 6. The van der Waals surface area contributed by atoms with E-state index in [1.807, 2.05) is 37.5 Å².